The normalized spacial score (nSPS) is 11.9. The zero-order chi connectivity index (χ0) is 15.2. The molecule has 0 fully saturated rings. The maximum Gasteiger partial charge on any atom is 0.269 e. The maximum atomic E-state index is 10.6. The molecule has 0 amide bonds. The third-order valence-corrected chi connectivity index (χ3v) is 3.61. The SMILES string of the molecule is CCC(C)c1ccc(OCc2ccc([N+](=O)[O-])cc2)cc1. The minimum Gasteiger partial charge on any atom is -0.489 e. The molecule has 110 valence electrons. The van der Waals surface area contributed by atoms with Gasteiger partial charge in [0.15, 0.2) is 0 Å². The van der Waals surface area contributed by atoms with E-state index in [1.165, 1.54) is 17.7 Å². The Morgan fingerprint density at radius 2 is 1.71 bits per heavy atom. The average Bonchev–Trinajstić information content (AvgIpc) is 2.53. The molecule has 2 rings (SSSR count). The van der Waals surface area contributed by atoms with Gasteiger partial charge in [-0.2, -0.15) is 0 Å². The zero-order valence-corrected chi connectivity index (χ0v) is 12.3. The second-order valence-corrected chi connectivity index (χ2v) is 5.09. The summed E-state index contributed by atoms with van der Waals surface area (Å²) in [6.45, 7) is 4.77. The Hall–Kier alpha value is -2.36. The Balaban J connectivity index is 1.95. The highest BCUT2D eigenvalue weighted by atomic mass is 16.6. The van der Waals surface area contributed by atoms with Crippen LogP contribution in [-0.4, -0.2) is 4.92 Å². The predicted octanol–water partition coefficient (Wildman–Crippen LogP) is 4.69. The number of nitro groups is 1. The van der Waals surface area contributed by atoms with Crippen LogP contribution in [0.15, 0.2) is 48.5 Å². The van der Waals surface area contributed by atoms with Crippen molar-refractivity contribution in [3.63, 3.8) is 0 Å². The number of hydrogen-bond donors (Lipinski definition) is 0. The van der Waals surface area contributed by atoms with E-state index in [1.54, 1.807) is 12.1 Å². The lowest BCUT2D eigenvalue weighted by molar-refractivity contribution is -0.384. The second-order valence-electron chi connectivity index (χ2n) is 5.09. The van der Waals surface area contributed by atoms with Gasteiger partial charge in [-0.05, 0) is 47.7 Å². The predicted molar refractivity (Wildman–Crippen MR) is 82.6 cm³/mol. The molecular formula is C17H19NO3. The van der Waals surface area contributed by atoms with Gasteiger partial charge in [0.25, 0.3) is 5.69 Å². The number of non-ortho nitro benzene ring substituents is 1. The van der Waals surface area contributed by atoms with Gasteiger partial charge in [-0.1, -0.05) is 26.0 Å². The topological polar surface area (TPSA) is 52.4 Å². The van der Waals surface area contributed by atoms with E-state index in [0.717, 1.165) is 17.7 Å². The number of rotatable bonds is 6. The third kappa shape index (κ3) is 4.05. The molecule has 21 heavy (non-hydrogen) atoms. The van der Waals surface area contributed by atoms with Crippen molar-refractivity contribution in [3.05, 3.63) is 69.8 Å². The fraction of sp³-hybridized carbons (Fsp3) is 0.294. The molecule has 0 aliphatic rings. The van der Waals surface area contributed by atoms with Crippen LogP contribution in [0.25, 0.3) is 0 Å². The van der Waals surface area contributed by atoms with Crippen LogP contribution in [-0.2, 0) is 6.61 Å². The van der Waals surface area contributed by atoms with Crippen LogP contribution in [0.4, 0.5) is 5.69 Å². The Kier molecular flexibility index (Phi) is 4.93. The standard InChI is InChI=1S/C17H19NO3/c1-3-13(2)15-6-10-17(11-7-15)21-12-14-4-8-16(9-5-14)18(19)20/h4-11,13H,3,12H2,1-2H3. The number of nitrogens with zero attached hydrogens (tertiary/aromatic N) is 1. The molecule has 2 aromatic carbocycles. The van der Waals surface area contributed by atoms with E-state index in [9.17, 15) is 10.1 Å². The molecule has 0 aromatic heterocycles. The van der Waals surface area contributed by atoms with Crippen molar-refractivity contribution in [1.29, 1.82) is 0 Å². The molecule has 0 bridgehead atoms. The molecule has 0 N–H and O–H groups in total. The van der Waals surface area contributed by atoms with Crippen molar-refractivity contribution in [2.45, 2.75) is 32.8 Å². The molecule has 4 heteroatoms. The first-order chi connectivity index (χ1) is 10.1. The molecule has 1 unspecified atom stereocenters. The Morgan fingerprint density at radius 1 is 1.10 bits per heavy atom. The summed E-state index contributed by atoms with van der Waals surface area (Å²) in [5.41, 5.74) is 2.31. The van der Waals surface area contributed by atoms with Gasteiger partial charge in [-0.25, -0.2) is 0 Å². The Bertz CT molecular complexity index is 590. The molecule has 2 aromatic rings. The fourth-order valence-corrected chi connectivity index (χ4v) is 2.01. The zero-order valence-electron chi connectivity index (χ0n) is 12.3. The van der Waals surface area contributed by atoms with Gasteiger partial charge in [0.1, 0.15) is 12.4 Å². The van der Waals surface area contributed by atoms with Crippen molar-refractivity contribution < 1.29 is 9.66 Å². The number of hydrogen-bond acceptors (Lipinski definition) is 3. The quantitative estimate of drug-likeness (QED) is 0.571. The minimum absolute atomic E-state index is 0.0941. The van der Waals surface area contributed by atoms with E-state index in [2.05, 4.69) is 26.0 Å². The first-order valence-corrected chi connectivity index (χ1v) is 7.06. The van der Waals surface area contributed by atoms with Crippen LogP contribution < -0.4 is 4.74 Å². The maximum absolute atomic E-state index is 10.6. The largest absolute Gasteiger partial charge is 0.489 e. The minimum atomic E-state index is -0.405. The van der Waals surface area contributed by atoms with Crippen LogP contribution in [0.3, 0.4) is 0 Å². The lowest BCUT2D eigenvalue weighted by atomic mass is 9.99. The van der Waals surface area contributed by atoms with Crippen LogP contribution in [0.5, 0.6) is 5.75 Å². The van der Waals surface area contributed by atoms with Gasteiger partial charge >= 0.3 is 0 Å². The summed E-state index contributed by atoms with van der Waals surface area (Å²) in [7, 11) is 0. The summed E-state index contributed by atoms with van der Waals surface area (Å²) >= 11 is 0. The molecule has 0 aliphatic heterocycles. The molecular weight excluding hydrogens is 266 g/mol. The molecule has 1 atom stereocenters. The smallest absolute Gasteiger partial charge is 0.269 e. The lowest BCUT2D eigenvalue weighted by Gasteiger charge is -2.10. The summed E-state index contributed by atoms with van der Waals surface area (Å²) in [5.74, 6) is 1.36. The van der Waals surface area contributed by atoms with E-state index >= 15 is 0 Å². The van der Waals surface area contributed by atoms with Gasteiger partial charge in [-0.15, -0.1) is 0 Å². The van der Waals surface area contributed by atoms with Crippen molar-refractivity contribution in [3.8, 4) is 5.75 Å². The Labute approximate surface area is 124 Å². The van der Waals surface area contributed by atoms with E-state index < -0.39 is 4.92 Å². The van der Waals surface area contributed by atoms with Gasteiger partial charge in [0, 0.05) is 12.1 Å². The van der Waals surface area contributed by atoms with Crippen molar-refractivity contribution in [2.75, 3.05) is 0 Å². The highest BCUT2D eigenvalue weighted by Crippen LogP contribution is 2.22. The van der Waals surface area contributed by atoms with Crippen molar-refractivity contribution >= 4 is 5.69 Å². The first kappa shape index (κ1) is 15.0. The van der Waals surface area contributed by atoms with E-state index in [4.69, 9.17) is 4.74 Å². The summed E-state index contributed by atoms with van der Waals surface area (Å²) in [6.07, 6.45) is 1.11. The Morgan fingerprint density at radius 3 is 2.24 bits per heavy atom. The fourth-order valence-electron chi connectivity index (χ4n) is 2.01. The van der Waals surface area contributed by atoms with Crippen molar-refractivity contribution in [1.82, 2.24) is 0 Å². The second kappa shape index (κ2) is 6.88. The molecule has 0 spiro atoms. The van der Waals surface area contributed by atoms with Crippen LogP contribution >= 0.6 is 0 Å². The van der Waals surface area contributed by atoms with Crippen LogP contribution in [0.1, 0.15) is 37.3 Å². The van der Waals surface area contributed by atoms with E-state index in [-0.39, 0.29) is 5.69 Å². The van der Waals surface area contributed by atoms with Crippen LogP contribution in [0, 0.1) is 10.1 Å². The third-order valence-electron chi connectivity index (χ3n) is 3.61. The van der Waals surface area contributed by atoms with Gasteiger partial charge in [0.05, 0.1) is 4.92 Å². The molecule has 0 heterocycles. The summed E-state index contributed by atoms with van der Waals surface area (Å²) < 4.78 is 5.69. The monoisotopic (exact) mass is 285 g/mol. The molecule has 0 saturated heterocycles. The number of nitro benzene ring substituents is 1. The van der Waals surface area contributed by atoms with Crippen molar-refractivity contribution in [2.24, 2.45) is 0 Å². The van der Waals surface area contributed by atoms with E-state index in [0.29, 0.717) is 12.5 Å². The molecule has 0 saturated carbocycles. The summed E-state index contributed by atoms with van der Waals surface area (Å²) in [5, 5.41) is 10.6. The summed E-state index contributed by atoms with van der Waals surface area (Å²) in [4.78, 5) is 10.2. The molecule has 0 aliphatic carbocycles. The van der Waals surface area contributed by atoms with Gasteiger partial charge in [-0.3, -0.25) is 10.1 Å². The lowest BCUT2D eigenvalue weighted by Crippen LogP contribution is -1.97. The number of benzene rings is 2. The highest BCUT2D eigenvalue weighted by molar-refractivity contribution is 5.33. The first-order valence-electron chi connectivity index (χ1n) is 7.06. The van der Waals surface area contributed by atoms with Crippen LogP contribution in [0.2, 0.25) is 0 Å². The highest BCUT2D eigenvalue weighted by Gasteiger charge is 2.05. The molecule has 0 radical (unpaired) electrons. The average molecular weight is 285 g/mol. The summed E-state index contributed by atoms with van der Waals surface area (Å²) in [6, 6.07) is 14.5. The number of ether oxygens (including phenoxy) is 1. The van der Waals surface area contributed by atoms with Gasteiger partial charge < -0.3 is 4.74 Å². The van der Waals surface area contributed by atoms with Gasteiger partial charge in [0.2, 0.25) is 0 Å². The van der Waals surface area contributed by atoms with E-state index in [1.807, 2.05) is 12.1 Å². The molecule has 4 nitrogen and oxygen atoms in total.